The molecule has 6 heavy (non-hydrogen) atoms. The summed E-state index contributed by atoms with van der Waals surface area (Å²) >= 11 is 2.58. The van der Waals surface area contributed by atoms with Crippen LogP contribution in [0.2, 0.25) is 0 Å². The van der Waals surface area contributed by atoms with Gasteiger partial charge in [-0.1, -0.05) is 15.9 Å². The van der Waals surface area contributed by atoms with E-state index in [0.29, 0.717) is 0 Å². The van der Waals surface area contributed by atoms with Crippen LogP contribution in [0.25, 0.3) is 0 Å². The van der Waals surface area contributed by atoms with E-state index in [-0.39, 0.29) is 19.0 Å². The minimum Gasteiger partial charge on any atom is -0.327 e. The summed E-state index contributed by atoms with van der Waals surface area (Å²) in [5, 5.41) is -1.03. The lowest BCUT2D eigenvalue weighted by atomic mass is 10.8. The predicted octanol–water partition coefficient (Wildman–Crippen LogP) is 1.06. The Balaban J connectivity index is 0. The lowest BCUT2D eigenvalue weighted by Crippen LogP contribution is -2.06. The number of alkyl halides is 2. The van der Waals surface area contributed by atoms with Gasteiger partial charge in [-0.25, -0.2) is 4.39 Å². The van der Waals surface area contributed by atoms with Crippen molar-refractivity contribution in [3.63, 3.8) is 0 Å². The Morgan fingerprint density at radius 1 is 1.83 bits per heavy atom. The first kappa shape index (κ1) is 9.83. The van der Waals surface area contributed by atoms with Crippen LogP contribution in [0.15, 0.2) is 0 Å². The SMILES string of the molecule is Cl.NCC(F)Br. The highest BCUT2D eigenvalue weighted by Gasteiger charge is 1.88. The summed E-state index contributed by atoms with van der Waals surface area (Å²) in [7, 11) is 0. The molecule has 1 atom stereocenters. The topological polar surface area (TPSA) is 26.0 Å². The smallest absolute Gasteiger partial charge is 0.167 e. The van der Waals surface area contributed by atoms with Gasteiger partial charge in [0.05, 0.1) is 0 Å². The quantitative estimate of drug-likeness (QED) is 0.597. The zero-order valence-corrected chi connectivity index (χ0v) is 5.43. The van der Waals surface area contributed by atoms with Gasteiger partial charge in [0.25, 0.3) is 0 Å². The Labute approximate surface area is 50.6 Å². The van der Waals surface area contributed by atoms with Crippen LogP contribution in [0.3, 0.4) is 0 Å². The van der Waals surface area contributed by atoms with Gasteiger partial charge in [0.1, 0.15) is 0 Å². The molecule has 0 aliphatic rings. The van der Waals surface area contributed by atoms with Gasteiger partial charge in [0.2, 0.25) is 0 Å². The minimum atomic E-state index is -1.03. The number of rotatable bonds is 1. The maximum Gasteiger partial charge on any atom is 0.167 e. The van der Waals surface area contributed by atoms with Crippen LogP contribution in [0.1, 0.15) is 0 Å². The molecule has 0 aliphatic heterocycles. The highest BCUT2D eigenvalue weighted by atomic mass is 79.9. The van der Waals surface area contributed by atoms with E-state index in [9.17, 15) is 4.39 Å². The molecule has 0 radical (unpaired) electrons. The van der Waals surface area contributed by atoms with E-state index in [0.717, 1.165) is 0 Å². The third-order valence-electron chi connectivity index (χ3n) is 0.178. The molecule has 0 spiro atoms. The Kier molecular flexibility index (Phi) is 9.27. The monoisotopic (exact) mass is 177 g/mol. The van der Waals surface area contributed by atoms with Gasteiger partial charge < -0.3 is 5.73 Å². The fourth-order valence-electron chi connectivity index (χ4n) is 0. The first-order chi connectivity index (χ1) is 2.27. The van der Waals surface area contributed by atoms with Gasteiger partial charge in [-0.15, -0.1) is 12.4 Å². The van der Waals surface area contributed by atoms with Crippen LogP contribution in [-0.4, -0.2) is 11.6 Å². The molecule has 0 aromatic heterocycles. The molecule has 40 valence electrons. The predicted molar refractivity (Wildman–Crippen MR) is 30.1 cm³/mol. The van der Waals surface area contributed by atoms with Crippen molar-refractivity contribution in [2.75, 3.05) is 6.54 Å². The number of hydrogen-bond acceptors (Lipinski definition) is 1. The van der Waals surface area contributed by atoms with Crippen molar-refractivity contribution in [3.8, 4) is 0 Å². The standard InChI is InChI=1S/C2H5BrFN.ClH/c3-2(4)1-5;/h2H,1,5H2;1H. The van der Waals surface area contributed by atoms with Crippen LogP contribution in [0.4, 0.5) is 4.39 Å². The molecule has 0 amide bonds. The minimum absolute atomic E-state index is 0. The normalized spacial score (nSPS) is 12.5. The number of nitrogens with two attached hydrogens (primary N) is 1. The molecule has 0 heterocycles. The Hall–Kier alpha value is 0.660. The van der Waals surface area contributed by atoms with E-state index >= 15 is 0 Å². The average Bonchev–Trinajstić information content (AvgIpc) is 1.38. The third kappa shape index (κ3) is 8.82. The molecule has 4 heteroatoms. The van der Waals surface area contributed by atoms with Gasteiger partial charge in [0, 0.05) is 6.54 Å². The molecular formula is C2H6BrClFN. The van der Waals surface area contributed by atoms with Crippen molar-refractivity contribution in [1.29, 1.82) is 0 Å². The number of hydrogen-bond donors (Lipinski definition) is 1. The second-order valence-electron chi connectivity index (χ2n) is 0.627. The Bertz CT molecular complexity index is 27.5. The van der Waals surface area contributed by atoms with Crippen LogP contribution < -0.4 is 5.73 Å². The summed E-state index contributed by atoms with van der Waals surface area (Å²) in [6.07, 6.45) is 0. The highest BCUT2D eigenvalue weighted by Crippen LogP contribution is 1.93. The van der Waals surface area contributed by atoms with Crippen LogP contribution in [0, 0.1) is 0 Å². The van der Waals surface area contributed by atoms with Crippen molar-refractivity contribution < 1.29 is 4.39 Å². The maximum atomic E-state index is 11.2. The molecule has 0 aromatic rings. The summed E-state index contributed by atoms with van der Waals surface area (Å²) in [6, 6.07) is 0. The zero-order chi connectivity index (χ0) is 4.28. The molecular weight excluding hydrogens is 172 g/mol. The molecule has 0 rings (SSSR count). The van der Waals surface area contributed by atoms with E-state index in [1.165, 1.54) is 0 Å². The first-order valence-electron chi connectivity index (χ1n) is 1.25. The maximum absolute atomic E-state index is 11.2. The molecule has 0 saturated carbocycles. The summed E-state index contributed by atoms with van der Waals surface area (Å²) in [5.74, 6) is 0. The summed E-state index contributed by atoms with van der Waals surface area (Å²) in [5.41, 5.74) is 4.75. The molecule has 1 unspecified atom stereocenters. The van der Waals surface area contributed by atoms with Gasteiger partial charge >= 0.3 is 0 Å². The second kappa shape index (κ2) is 5.66. The zero-order valence-electron chi connectivity index (χ0n) is 3.03. The largest absolute Gasteiger partial charge is 0.327 e. The third-order valence-corrected chi connectivity index (χ3v) is 0.552. The van der Waals surface area contributed by atoms with Gasteiger partial charge in [-0.05, 0) is 0 Å². The van der Waals surface area contributed by atoms with E-state index < -0.39 is 5.08 Å². The fraction of sp³-hybridized carbons (Fsp3) is 1.00. The number of halogens is 3. The highest BCUT2D eigenvalue weighted by molar-refractivity contribution is 9.09. The van der Waals surface area contributed by atoms with Crippen LogP contribution in [-0.2, 0) is 0 Å². The lowest BCUT2D eigenvalue weighted by Gasteiger charge is -1.84. The van der Waals surface area contributed by atoms with Crippen LogP contribution >= 0.6 is 28.3 Å². The molecule has 0 fully saturated rings. The van der Waals surface area contributed by atoms with E-state index in [2.05, 4.69) is 15.9 Å². The molecule has 1 nitrogen and oxygen atoms in total. The van der Waals surface area contributed by atoms with Gasteiger partial charge in [0.15, 0.2) is 5.08 Å². The first-order valence-corrected chi connectivity index (χ1v) is 2.17. The molecule has 0 aromatic carbocycles. The molecule has 0 bridgehead atoms. The Morgan fingerprint density at radius 2 is 2.00 bits per heavy atom. The van der Waals surface area contributed by atoms with Crippen molar-refractivity contribution in [2.45, 2.75) is 5.08 Å². The second-order valence-corrected chi connectivity index (χ2v) is 1.62. The van der Waals surface area contributed by atoms with Crippen molar-refractivity contribution in [3.05, 3.63) is 0 Å². The van der Waals surface area contributed by atoms with E-state index in [4.69, 9.17) is 5.73 Å². The molecule has 0 saturated heterocycles. The summed E-state index contributed by atoms with van der Waals surface area (Å²) < 4.78 is 11.2. The lowest BCUT2D eigenvalue weighted by molar-refractivity contribution is 0.469. The fourth-order valence-corrected chi connectivity index (χ4v) is 0. The van der Waals surface area contributed by atoms with Crippen molar-refractivity contribution >= 4 is 28.3 Å². The average molecular weight is 178 g/mol. The van der Waals surface area contributed by atoms with Gasteiger partial charge in [-0.2, -0.15) is 0 Å². The summed E-state index contributed by atoms with van der Waals surface area (Å²) in [6.45, 7) is 0.0556. The summed E-state index contributed by atoms with van der Waals surface area (Å²) in [4.78, 5) is 0. The van der Waals surface area contributed by atoms with Crippen LogP contribution in [0.5, 0.6) is 0 Å². The van der Waals surface area contributed by atoms with Crippen molar-refractivity contribution in [2.24, 2.45) is 5.73 Å². The molecule has 2 N–H and O–H groups in total. The van der Waals surface area contributed by atoms with Crippen molar-refractivity contribution in [1.82, 2.24) is 0 Å². The van der Waals surface area contributed by atoms with E-state index in [1.807, 2.05) is 0 Å². The Morgan fingerprint density at radius 3 is 2.00 bits per heavy atom. The van der Waals surface area contributed by atoms with Gasteiger partial charge in [-0.3, -0.25) is 0 Å². The molecule has 0 aliphatic carbocycles. The van der Waals surface area contributed by atoms with E-state index in [1.54, 1.807) is 0 Å².